The van der Waals surface area contributed by atoms with Crippen LogP contribution in [0.5, 0.6) is 11.5 Å². The predicted octanol–water partition coefficient (Wildman–Crippen LogP) is 3.51. The fourth-order valence-corrected chi connectivity index (χ4v) is 2.17. The van der Waals surface area contributed by atoms with Gasteiger partial charge in [0.1, 0.15) is 17.1 Å². The quantitative estimate of drug-likeness (QED) is 0.568. The molecule has 2 aromatic rings. The standard InChI is InChI=1S/C17H15BrO5/c1-21-13-7-8-16(22-2)14(9-13)17(20)23-10-15(19)11-3-5-12(18)6-4-11/h3-9H,10H2,1-2H3. The average Bonchev–Trinajstić information content (AvgIpc) is 2.59. The van der Waals surface area contributed by atoms with Gasteiger partial charge in [-0.2, -0.15) is 0 Å². The van der Waals surface area contributed by atoms with Crippen LogP contribution in [0.3, 0.4) is 0 Å². The number of esters is 1. The van der Waals surface area contributed by atoms with Gasteiger partial charge in [0.25, 0.3) is 0 Å². The smallest absolute Gasteiger partial charge is 0.342 e. The van der Waals surface area contributed by atoms with E-state index in [1.54, 1.807) is 36.4 Å². The van der Waals surface area contributed by atoms with Crippen molar-refractivity contribution in [2.45, 2.75) is 0 Å². The second-order valence-electron chi connectivity index (χ2n) is 4.57. The van der Waals surface area contributed by atoms with Crippen molar-refractivity contribution >= 4 is 27.7 Å². The van der Waals surface area contributed by atoms with Crippen molar-refractivity contribution in [1.29, 1.82) is 0 Å². The van der Waals surface area contributed by atoms with Gasteiger partial charge in [0.2, 0.25) is 0 Å². The minimum absolute atomic E-state index is 0.204. The van der Waals surface area contributed by atoms with Crippen molar-refractivity contribution in [2.24, 2.45) is 0 Å². The third kappa shape index (κ3) is 4.32. The maximum atomic E-state index is 12.2. The molecule has 0 aliphatic heterocycles. The Balaban J connectivity index is 2.07. The van der Waals surface area contributed by atoms with E-state index in [4.69, 9.17) is 14.2 Å². The molecule has 120 valence electrons. The van der Waals surface area contributed by atoms with Crippen LogP contribution in [-0.2, 0) is 4.74 Å². The van der Waals surface area contributed by atoms with Crippen molar-refractivity contribution in [3.63, 3.8) is 0 Å². The second-order valence-corrected chi connectivity index (χ2v) is 5.49. The van der Waals surface area contributed by atoms with E-state index < -0.39 is 5.97 Å². The summed E-state index contributed by atoms with van der Waals surface area (Å²) in [7, 11) is 2.94. The van der Waals surface area contributed by atoms with Gasteiger partial charge < -0.3 is 14.2 Å². The summed E-state index contributed by atoms with van der Waals surface area (Å²) in [5.41, 5.74) is 0.675. The summed E-state index contributed by atoms with van der Waals surface area (Å²) in [6.07, 6.45) is 0. The Morgan fingerprint density at radius 2 is 1.70 bits per heavy atom. The minimum Gasteiger partial charge on any atom is -0.497 e. The number of carbonyl (C=O) groups is 2. The second kappa shape index (κ2) is 7.78. The molecule has 0 heterocycles. The van der Waals surface area contributed by atoms with E-state index in [9.17, 15) is 9.59 Å². The Morgan fingerprint density at radius 1 is 1.00 bits per heavy atom. The molecule has 2 aromatic carbocycles. The third-order valence-corrected chi connectivity index (χ3v) is 3.66. The van der Waals surface area contributed by atoms with Gasteiger partial charge in [-0.15, -0.1) is 0 Å². The first-order valence-corrected chi connectivity index (χ1v) is 7.52. The van der Waals surface area contributed by atoms with Gasteiger partial charge in [-0.25, -0.2) is 4.79 Å². The van der Waals surface area contributed by atoms with Crippen molar-refractivity contribution < 1.29 is 23.8 Å². The molecule has 0 N–H and O–H groups in total. The lowest BCUT2D eigenvalue weighted by molar-refractivity contribution is 0.0471. The molecule has 23 heavy (non-hydrogen) atoms. The number of methoxy groups -OCH3 is 2. The molecule has 0 unspecified atom stereocenters. The summed E-state index contributed by atoms with van der Waals surface area (Å²) < 4.78 is 16.1. The van der Waals surface area contributed by atoms with Crippen LogP contribution in [0, 0.1) is 0 Å². The lowest BCUT2D eigenvalue weighted by atomic mass is 10.1. The van der Waals surface area contributed by atoms with E-state index in [1.807, 2.05) is 0 Å². The Labute approximate surface area is 142 Å². The number of hydrogen-bond donors (Lipinski definition) is 0. The van der Waals surface area contributed by atoms with Gasteiger partial charge >= 0.3 is 5.97 Å². The molecule has 0 radical (unpaired) electrons. The number of carbonyl (C=O) groups excluding carboxylic acids is 2. The Morgan fingerprint density at radius 3 is 2.30 bits per heavy atom. The highest BCUT2D eigenvalue weighted by atomic mass is 79.9. The highest BCUT2D eigenvalue weighted by Crippen LogP contribution is 2.24. The van der Waals surface area contributed by atoms with Gasteiger partial charge in [0, 0.05) is 10.0 Å². The number of rotatable bonds is 6. The van der Waals surface area contributed by atoms with Crippen LogP contribution in [0.4, 0.5) is 0 Å². The summed E-state index contributed by atoms with van der Waals surface area (Å²) in [5, 5.41) is 0. The molecule has 6 heteroatoms. The topological polar surface area (TPSA) is 61.8 Å². The first-order chi connectivity index (χ1) is 11.0. The van der Waals surface area contributed by atoms with Crippen LogP contribution in [-0.4, -0.2) is 32.6 Å². The SMILES string of the molecule is COc1ccc(OC)c(C(=O)OCC(=O)c2ccc(Br)cc2)c1. The van der Waals surface area contributed by atoms with Crippen molar-refractivity contribution in [3.05, 3.63) is 58.1 Å². The summed E-state index contributed by atoms with van der Waals surface area (Å²) in [5.74, 6) is -0.0807. The Kier molecular flexibility index (Phi) is 5.76. The van der Waals surface area contributed by atoms with Crippen molar-refractivity contribution in [1.82, 2.24) is 0 Å². The summed E-state index contributed by atoms with van der Waals surface area (Å²) >= 11 is 3.29. The molecule has 0 fully saturated rings. The number of ketones is 1. The zero-order chi connectivity index (χ0) is 16.8. The van der Waals surface area contributed by atoms with Crippen LogP contribution in [0.25, 0.3) is 0 Å². The number of ether oxygens (including phenoxy) is 3. The number of Topliss-reactive ketones (excluding diaryl/α,β-unsaturated/α-hetero) is 1. The molecule has 0 spiro atoms. The lowest BCUT2D eigenvalue weighted by Gasteiger charge is -2.10. The van der Waals surface area contributed by atoms with E-state index in [0.29, 0.717) is 17.1 Å². The zero-order valence-electron chi connectivity index (χ0n) is 12.7. The molecular formula is C17H15BrO5. The maximum Gasteiger partial charge on any atom is 0.342 e. The van der Waals surface area contributed by atoms with E-state index in [0.717, 1.165) is 4.47 Å². The molecule has 2 rings (SSSR count). The maximum absolute atomic E-state index is 12.2. The lowest BCUT2D eigenvalue weighted by Crippen LogP contribution is -2.15. The first kappa shape index (κ1) is 17.0. The molecule has 0 saturated carbocycles. The Hall–Kier alpha value is -2.34. The molecule has 5 nitrogen and oxygen atoms in total. The van der Waals surface area contributed by atoms with E-state index >= 15 is 0 Å². The summed E-state index contributed by atoms with van der Waals surface area (Å²) in [6, 6.07) is 11.6. The van der Waals surface area contributed by atoms with Crippen LogP contribution < -0.4 is 9.47 Å². The van der Waals surface area contributed by atoms with E-state index in [2.05, 4.69) is 15.9 Å². The fourth-order valence-electron chi connectivity index (χ4n) is 1.90. The predicted molar refractivity (Wildman–Crippen MR) is 88.3 cm³/mol. The number of benzene rings is 2. The van der Waals surface area contributed by atoms with Gasteiger partial charge in [-0.1, -0.05) is 28.1 Å². The monoisotopic (exact) mass is 378 g/mol. The fraction of sp³-hybridized carbons (Fsp3) is 0.176. The average molecular weight is 379 g/mol. The normalized spacial score (nSPS) is 10.0. The van der Waals surface area contributed by atoms with Gasteiger partial charge in [-0.3, -0.25) is 4.79 Å². The molecule has 0 atom stereocenters. The van der Waals surface area contributed by atoms with Gasteiger partial charge in [0.15, 0.2) is 12.4 Å². The molecule has 0 aliphatic rings. The van der Waals surface area contributed by atoms with Crippen LogP contribution in [0.2, 0.25) is 0 Å². The zero-order valence-corrected chi connectivity index (χ0v) is 14.3. The minimum atomic E-state index is -0.647. The molecule has 0 amide bonds. The van der Waals surface area contributed by atoms with Crippen molar-refractivity contribution in [2.75, 3.05) is 20.8 Å². The summed E-state index contributed by atoms with van der Waals surface area (Å²) in [4.78, 5) is 24.2. The highest BCUT2D eigenvalue weighted by molar-refractivity contribution is 9.10. The molecule has 0 bridgehead atoms. The van der Waals surface area contributed by atoms with Crippen LogP contribution >= 0.6 is 15.9 Å². The third-order valence-electron chi connectivity index (χ3n) is 3.13. The largest absolute Gasteiger partial charge is 0.497 e. The van der Waals surface area contributed by atoms with E-state index in [-0.39, 0.29) is 18.0 Å². The number of halogens is 1. The molecular weight excluding hydrogens is 364 g/mol. The van der Waals surface area contributed by atoms with Crippen LogP contribution in [0.15, 0.2) is 46.9 Å². The first-order valence-electron chi connectivity index (χ1n) is 6.73. The Bertz CT molecular complexity index is 709. The number of hydrogen-bond acceptors (Lipinski definition) is 5. The molecule has 0 aliphatic carbocycles. The summed E-state index contributed by atoms with van der Waals surface area (Å²) in [6.45, 7) is -0.346. The van der Waals surface area contributed by atoms with Crippen molar-refractivity contribution in [3.8, 4) is 11.5 Å². The van der Waals surface area contributed by atoms with Crippen LogP contribution in [0.1, 0.15) is 20.7 Å². The van der Waals surface area contributed by atoms with E-state index in [1.165, 1.54) is 20.3 Å². The van der Waals surface area contributed by atoms with Gasteiger partial charge in [-0.05, 0) is 30.3 Å². The highest BCUT2D eigenvalue weighted by Gasteiger charge is 2.17. The van der Waals surface area contributed by atoms with Gasteiger partial charge in [0.05, 0.1) is 14.2 Å². The molecule has 0 saturated heterocycles. The molecule has 0 aromatic heterocycles.